The fraction of sp³-hybridized carbons (Fsp3) is 0.0476. The van der Waals surface area contributed by atoms with Crippen LogP contribution in [0.4, 0.5) is 17.5 Å². The average molecular weight is 358 g/mol. The molecule has 2 N–H and O–H groups in total. The summed E-state index contributed by atoms with van der Waals surface area (Å²) in [4.78, 5) is 8.70. The molecular weight excluding hydrogens is 340 g/mol. The Hall–Kier alpha value is -3.80. The van der Waals surface area contributed by atoms with Crippen molar-refractivity contribution < 1.29 is 9.15 Å². The van der Waals surface area contributed by atoms with Crippen molar-refractivity contribution in [3.8, 4) is 11.5 Å². The lowest BCUT2D eigenvalue weighted by Gasteiger charge is -2.09. The van der Waals surface area contributed by atoms with Gasteiger partial charge in [-0.25, -0.2) is 4.98 Å². The largest absolute Gasteiger partial charge is 0.467 e. The van der Waals surface area contributed by atoms with Crippen LogP contribution < -0.4 is 15.4 Å². The Bertz CT molecular complexity index is 971. The van der Waals surface area contributed by atoms with Crippen molar-refractivity contribution in [1.82, 2.24) is 9.97 Å². The van der Waals surface area contributed by atoms with E-state index in [0.717, 1.165) is 22.9 Å². The minimum absolute atomic E-state index is 0.510. The van der Waals surface area contributed by atoms with E-state index >= 15 is 0 Å². The van der Waals surface area contributed by atoms with Gasteiger partial charge in [-0.3, -0.25) is 0 Å². The molecule has 0 aliphatic heterocycles. The summed E-state index contributed by atoms with van der Waals surface area (Å²) >= 11 is 0. The monoisotopic (exact) mass is 358 g/mol. The van der Waals surface area contributed by atoms with Gasteiger partial charge < -0.3 is 19.8 Å². The van der Waals surface area contributed by atoms with Gasteiger partial charge in [-0.05, 0) is 54.6 Å². The summed E-state index contributed by atoms with van der Waals surface area (Å²) < 4.78 is 11.1. The second kappa shape index (κ2) is 8.05. The molecule has 0 aliphatic carbocycles. The lowest BCUT2D eigenvalue weighted by atomic mass is 10.3. The number of furan rings is 1. The highest BCUT2D eigenvalue weighted by atomic mass is 16.5. The zero-order valence-electron chi connectivity index (χ0n) is 14.5. The van der Waals surface area contributed by atoms with Crippen LogP contribution in [0.25, 0.3) is 0 Å². The normalized spacial score (nSPS) is 10.4. The SMILES string of the molecule is c1ccc(Oc2ccc(Nc3nccc(NCc4ccco4)n3)cc2)cc1. The second-order valence-electron chi connectivity index (χ2n) is 5.76. The first-order chi connectivity index (χ1) is 13.3. The first kappa shape index (κ1) is 16.7. The number of hydrogen-bond donors (Lipinski definition) is 2. The van der Waals surface area contributed by atoms with Crippen LogP contribution in [0, 0.1) is 0 Å². The molecule has 2 aromatic carbocycles. The number of ether oxygens (including phenoxy) is 1. The molecule has 2 aromatic heterocycles. The zero-order valence-corrected chi connectivity index (χ0v) is 14.5. The molecule has 0 atom stereocenters. The van der Waals surface area contributed by atoms with Gasteiger partial charge in [0.25, 0.3) is 0 Å². The second-order valence-corrected chi connectivity index (χ2v) is 5.76. The molecule has 6 heteroatoms. The molecule has 27 heavy (non-hydrogen) atoms. The van der Waals surface area contributed by atoms with Crippen molar-refractivity contribution in [2.24, 2.45) is 0 Å². The molecular formula is C21H18N4O2. The van der Waals surface area contributed by atoms with E-state index < -0.39 is 0 Å². The van der Waals surface area contributed by atoms with Gasteiger partial charge in [0.15, 0.2) is 0 Å². The van der Waals surface area contributed by atoms with E-state index in [9.17, 15) is 0 Å². The number of para-hydroxylation sites is 1. The first-order valence-corrected chi connectivity index (χ1v) is 8.54. The number of benzene rings is 2. The predicted molar refractivity (Wildman–Crippen MR) is 104 cm³/mol. The maximum atomic E-state index is 5.79. The van der Waals surface area contributed by atoms with Crippen molar-refractivity contribution in [2.75, 3.05) is 10.6 Å². The number of nitrogens with zero attached hydrogens (tertiary/aromatic N) is 2. The molecule has 0 saturated carbocycles. The molecule has 0 unspecified atom stereocenters. The van der Waals surface area contributed by atoms with Crippen LogP contribution in [-0.2, 0) is 6.54 Å². The van der Waals surface area contributed by atoms with Crippen LogP contribution in [-0.4, -0.2) is 9.97 Å². The van der Waals surface area contributed by atoms with E-state index in [1.807, 2.05) is 72.8 Å². The Morgan fingerprint density at radius 1 is 0.852 bits per heavy atom. The Balaban J connectivity index is 1.38. The van der Waals surface area contributed by atoms with E-state index in [4.69, 9.17) is 9.15 Å². The maximum absolute atomic E-state index is 5.79. The zero-order chi connectivity index (χ0) is 18.3. The van der Waals surface area contributed by atoms with Crippen LogP contribution in [0.2, 0.25) is 0 Å². The topological polar surface area (TPSA) is 72.2 Å². The number of anilines is 3. The first-order valence-electron chi connectivity index (χ1n) is 8.54. The molecule has 0 fully saturated rings. The number of aromatic nitrogens is 2. The van der Waals surface area contributed by atoms with Crippen LogP contribution in [0.5, 0.6) is 11.5 Å². The molecule has 0 radical (unpaired) electrons. The van der Waals surface area contributed by atoms with E-state index in [1.165, 1.54) is 0 Å². The average Bonchev–Trinajstić information content (AvgIpc) is 3.23. The molecule has 4 aromatic rings. The van der Waals surface area contributed by atoms with E-state index in [-0.39, 0.29) is 0 Å². The summed E-state index contributed by atoms with van der Waals surface area (Å²) in [5, 5.41) is 6.39. The van der Waals surface area contributed by atoms with Crippen LogP contribution in [0.1, 0.15) is 5.76 Å². The Labute approximate surface area is 156 Å². The Morgan fingerprint density at radius 2 is 1.67 bits per heavy atom. The highest BCUT2D eigenvalue weighted by Gasteiger charge is 2.03. The summed E-state index contributed by atoms with van der Waals surface area (Å²) in [6.07, 6.45) is 3.35. The van der Waals surface area contributed by atoms with Gasteiger partial charge in [0.2, 0.25) is 5.95 Å². The van der Waals surface area contributed by atoms with Gasteiger partial charge in [-0.1, -0.05) is 18.2 Å². The van der Waals surface area contributed by atoms with Gasteiger partial charge in [0, 0.05) is 11.9 Å². The molecule has 4 rings (SSSR count). The third-order valence-electron chi connectivity index (χ3n) is 3.77. The summed E-state index contributed by atoms with van der Waals surface area (Å²) in [6.45, 7) is 0.564. The Kier molecular flexibility index (Phi) is 4.97. The summed E-state index contributed by atoms with van der Waals surface area (Å²) in [7, 11) is 0. The van der Waals surface area contributed by atoms with E-state index in [0.29, 0.717) is 18.3 Å². The molecule has 134 valence electrons. The fourth-order valence-electron chi connectivity index (χ4n) is 2.47. The van der Waals surface area contributed by atoms with Crippen molar-refractivity contribution in [3.05, 3.63) is 91.0 Å². The van der Waals surface area contributed by atoms with Crippen LogP contribution >= 0.6 is 0 Å². The molecule has 0 saturated heterocycles. The van der Waals surface area contributed by atoms with E-state index in [2.05, 4.69) is 20.6 Å². The highest BCUT2D eigenvalue weighted by molar-refractivity contribution is 5.56. The molecule has 0 amide bonds. The van der Waals surface area contributed by atoms with Gasteiger partial charge in [0.05, 0.1) is 12.8 Å². The van der Waals surface area contributed by atoms with Crippen molar-refractivity contribution in [1.29, 1.82) is 0 Å². The number of nitrogens with one attached hydrogen (secondary N) is 2. The standard InChI is InChI=1S/C21H18N4O2/c1-2-5-17(6-3-1)27-18-10-8-16(9-11-18)24-21-22-13-12-20(25-21)23-15-19-7-4-14-26-19/h1-14H,15H2,(H2,22,23,24,25). The minimum atomic E-state index is 0.510. The van der Waals surface area contributed by atoms with Gasteiger partial charge in [0.1, 0.15) is 23.1 Å². The molecule has 0 aliphatic rings. The third-order valence-corrected chi connectivity index (χ3v) is 3.77. The maximum Gasteiger partial charge on any atom is 0.229 e. The quantitative estimate of drug-likeness (QED) is 0.472. The molecule has 6 nitrogen and oxygen atoms in total. The lowest BCUT2D eigenvalue weighted by Crippen LogP contribution is -2.03. The van der Waals surface area contributed by atoms with Gasteiger partial charge >= 0.3 is 0 Å². The summed E-state index contributed by atoms with van der Waals surface area (Å²) in [5.74, 6) is 3.64. The Morgan fingerprint density at radius 3 is 2.44 bits per heavy atom. The summed E-state index contributed by atoms with van der Waals surface area (Å²) in [6, 6.07) is 22.9. The smallest absolute Gasteiger partial charge is 0.229 e. The van der Waals surface area contributed by atoms with Gasteiger partial charge in [-0.2, -0.15) is 4.98 Å². The number of hydrogen-bond acceptors (Lipinski definition) is 6. The molecule has 2 heterocycles. The summed E-state index contributed by atoms with van der Waals surface area (Å²) in [5.41, 5.74) is 0.874. The van der Waals surface area contributed by atoms with Crippen LogP contribution in [0.3, 0.4) is 0 Å². The van der Waals surface area contributed by atoms with Crippen molar-refractivity contribution >= 4 is 17.5 Å². The van der Waals surface area contributed by atoms with Crippen molar-refractivity contribution in [3.63, 3.8) is 0 Å². The number of rotatable bonds is 7. The third kappa shape index (κ3) is 4.64. The van der Waals surface area contributed by atoms with Gasteiger partial charge in [-0.15, -0.1) is 0 Å². The van der Waals surface area contributed by atoms with E-state index in [1.54, 1.807) is 12.5 Å². The lowest BCUT2D eigenvalue weighted by molar-refractivity contribution is 0.483. The molecule has 0 bridgehead atoms. The highest BCUT2D eigenvalue weighted by Crippen LogP contribution is 2.23. The predicted octanol–water partition coefficient (Wildman–Crippen LogP) is 5.22. The molecule has 0 spiro atoms. The minimum Gasteiger partial charge on any atom is -0.467 e. The fourth-order valence-corrected chi connectivity index (χ4v) is 2.47. The van der Waals surface area contributed by atoms with Crippen molar-refractivity contribution in [2.45, 2.75) is 6.54 Å². The van der Waals surface area contributed by atoms with Crippen LogP contribution in [0.15, 0.2) is 89.7 Å².